The fourth-order valence-corrected chi connectivity index (χ4v) is 2.32. The molecule has 1 heterocycles. The van der Waals surface area contributed by atoms with Crippen molar-refractivity contribution in [2.75, 3.05) is 6.54 Å². The molecule has 1 aliphatic carbocycles. The Bertz CT molecular complexity index is 647. The quantitative estimate of drug-likeness (QED) is 0.905. The Morgan fingerprint density at radius 1 is 1.40 bits per heavy atom. The zero-order valence-corrected chi connectivity index (χ0v) is 11.6. The summed E-state index contributed by atoms with van der Waals surface area (Å²) >= 11 is 0. The molecule has 1 aromatic heterocycles. The lowest BCUT2D eigenvalue weighted by molar-refractivity contribution is 0.726. The minimum Gasteiger partial charge on any atom is -0.313 e. The van der Waals surface area contributed by atoms with Gasteiger partial charge in [0, 0.05) is 18.7 Å². The van der Waals surface area contributed by atoms with E-state index in [9.17, 15) is 5.26 Å². The van der Waals surface area contributed by atoms with E-state index < -0.39 is 0 Å². The first-order valence-electron chi connectivity index (χ1n) is 7.11. The normalized spacial score (nSPS) is 14.2. The summed E-state index contributed by atoms with van der Waals surface area (Å²) in [4.78, 5) is 0. The molecule has 1 aromatic carbocycles. The molecular weight excluding hydrogens is 248 g/mol. The van der Waals surface area contributed by atoms with Crippen LogP contribution < -0.4 is 5.32 Å². The van der Waals surface area contributed by atoms with Gasteiger partial charge in [-0.15, -0.1) is 0 Å². The van der Waals surface area contributed by atoms with Gasteiger partial charge in [-0.05, 0) is 43.1 Å². The smallest absolute Gasteiger partial charge is 0.101 e. The SMILES string of the molecule is CCNCc1ccc(-n2ccc(C3CC3)n2)c(C#N)c1. The first kappa shape index (κ1) is 12.9. The number of benzene rings is 1. The van der Waals surface area contributed by atoms with Crippen molar-refractivity contribution in [2.45, 2.75) is 32.2 Å². The third-order valence-corrected chi connectivity index (χ3v) is 3.61. The molecule has 0 radical (unpaired) electrons. The van der Waals surface area contributed by atoms with Gasteiger partial charge in [0.15, 0.2) is 0 Å². The van der Waals surface area contributed by atoms with Crippen molar-refractivity contribution in [1.82, 2.24) is 15.1 Å². The fraction of sp³-hybridized carbons (Fsp3) is 0.375. The standard InChI is InChI=1S/C16H18N4/c1-2-18-11-12-3-6-16(14(9-12)10-17)20-8-7-15(19-20)13-4-5-13/h3,6-9,13,18H,2,4-5,11H2,1H3. The van der Waals surface area contributed by atoms with Crippen LogP contribution >= 0.6 is 0 Å². The molecule has 0 bridgehead atoms. The van der Waals surface area contributed by atoms with Gasteiger partial charge in [-0.25, -0.2) is 4.68 Å². The average molecular weight is 266 g/mol. The van der Waals surface area contributed by atoms with E-state index in [0.717, 1.165) is 30.0 Å². The van der Waals surface area contributed by atoms with E-state index in [2.05, 4.69) is 35.5 Å². The monoisotopic (exact) mass is 266 g/mol. The van der Waals surface area contributed by atoms with E-state index in [0.29, 0.717) is 11.5 Å². The predicted octanol–water partition coefficient (Wildman–Crippen LogP) is 2.73. The fourth-order valence-electron chi connectivity index (χ4n) is 2.32. The van der Waals surface area contributed by atoms with Crippen LogP contribution in [0, 0.1) is 11.3 Å². The summed E-state index contributed by atoms with van der Waals surface area (Å²) < 4.78 is 1.82. The zero-order valence-electron chi connectivity index (χ0n) is 11.6. The second kappa shape index (κ2) is 5.48. The summed E-state index contributed by atoms with van der Waals surface area (Å²) in [6, 6.07) is 10.3. The highest BCUT2D eigenvalue weighted by Gasteiger charge is 2.26. The lowest BCUT2D eigenvalue weighted by atomic mass is 10.1. The number of aromatic nitrogens is 2. The van der Waals surface area contributed by atoms with Gasteiger partial charge in [-0.3, -0.25) is 0 Å². The van der Waals surface area contributed by atoms with Crippen molar-refractivity contribution < 1.29 is 0 Å². The molecule has 0 spiro atoms. The van der Waals surface area contributed by atoms with Gasteiger partial charge in [0.2, 0.25) is 0 Å². The van der Waals surface area contributed by atoms with E-state index in [4.69, 9.17) is 0 Å². The Balaban J connectivity index is 1.89. The first-order chi connectivity index (χ1) is 9.81. The predicted molar refractivity (Wildman–Crippen MR) is 77.6 cm³/mol. The molecule has 2 aromatic rings. The number of hydrogen-bond donors (Lipinski definition) is 1. The summed E-state index contributed by atoms with van der Waals surface area (Å²) in [5.41, 5.74) is 3.80. The van der Waals surface area contributed by atoms with Crippen LogP contribution in [-0.4, -0.2) is 16.3 Å². The number of hydrogen-bond acceptors (Lipinski definition) is 3. The number of nitriles is 1. The van der Waals surface area contributed by atoms with Gasteiger partial charge in [-0.2, -0.15) is 10.4 Å². The lowest BCUT2D eigenvalue weighted by Crippen LogP contribution is -2.12. The molecule has 1 aliphatic rings. The van der Waals surface area contributed by atoms with E-state index in [1.807, 2.05) is 23.0 Å². The van der Waals surface area contributed by atoms with Crippen LogP contribution in [0.5, 0.6) is 0 Å². The van der Waals surface area contributed by atoms with Crippen LogP contribution in [-0.2, 0) is 6.54 Å². The van der Waals surface area contributed by atoms with Gasteiger partial charge in [0.05, 0.1) is 16.9 Å². The molecule has 0 atom stereocenters. The van der Waals surface area contributed by atoms with Gasteiger partial charge >= 0.3 is 0 Å². The molecule has 1 fully saturated rings. The number of nitrogens with one attached hydrogen (secondary N) is 1. The molecular formula is C16H18N4. The summed E-state index contributed by atoms with van der Waals surface area (Å²) in [5, 5.41) is 17.2. The Labute approximate surface area is 119 Å². The topological polar surface area (TPSA) is 53.6 Å². The molecule has 1 saturated carbocycles. The Morgan fingerprint density at radius 2 is 2.25 bits per heavy atom. The van der Waals surface area contributed by atoms with Crippen molar-refractivity contribution >= 4 is 0 Å². The summed E-state index contributed by atoms with van der Waals surface area (Å²) in [5.74, 6) is 0.634. The van der Waals surface area contributed by atoms with Crippen molar-refractivity contribution in [3.63, 3.8) is 0 Å². The average Bonchev–Trinajstić information content (AvgIpc) is 3.22. The highest BCUT2D eigenvalue weighted by molar-refractivity contribution is 5.50. The third-order valence-electron chi connectivity index (χ3n) is 3.61. The zero-order chi connectivity index (χ0) is 13.9. The van der Waals surface area contributed by atoms with E-state index in [1.165, 1.54) is 12.8 Å². The molecule has 4 nitrogen and oxygen atoms in total. The highest BCUT2D eigenvalue weighted by Crippen LogP contribution is 2.39. The Kier molecular flexibility index (Phi) is 3.53. The summed E-state index contributed by atoms with van der Waals surface area (Å²) in [6.45, 7) is 3.79. The summed E-state index contributed by atoms with van der Waals surface area (Å²) in [7, 11) is 0. The van der Waals surface area contributed by atoms with Crippen LogP contribution in [0.2, 0.25) is 0 Å². The lowest BCUT2D eigenvalue weighted by Gasteiger charge is -2.07. The maximum absolute atomic E-state index is 9.35. The van der Waals surface area contributed by atoms with Gasteiger partial charge < -0.3 is 5.32 Å². The van der Waals surface area contributed by atoms with Crippen molar-refractivity contribution in [2.24, 2.45) is 0 Å². The number of nitrogens with zero attached hydrogens (tertiary/aromatic N) is 3. The van der Waals surface area contributed by atoms with Gasteiger partial charge in [0.25, 0.3) is 0 Å². The van der Waals surface area contributed by atoms with E-state index >= 15 is 0 Å². The van der Waals surface area contributed by atoms with Crippen molar-refractivity contribution in [1.29, 1.82) is 5.26 Å². The maximum Gasteiger partial charge on any atom is 0.101 e. The van der Waals surface area contributed by atoms with Crippen LogP contribution in [0.1, 0.15) is 42.5 Å². The third kappa shape index (κ3) is 2.59. The first-order valence-corrected chi connectivity index (χ1v) is 7.11. The maximum atomic E-state index is 9.35. The molecule has 0 unspecified atom stereocenters. The molecule has 20 heavy (non-hydrogen) atoms. The second-order valence-electron chi connectivity index (χ2n) is 5.20. The molecule has 0 amide bonds. The molecule has 1 N–H and O–H groups in total. The van der Waals surface area contributed by atoms with E-state index in [1.54, 1.807) is 0 Å². The van der Waals surface area contributed by atoms with Gasteiger partial charge in [0.1, 0.15) is 6.07 Å². The van der Waals surface area contributed by atoms with Crippen LogP contribution in [0.25, 0.3) is 5.69 Å². The largest absolute Gasteiger partial charge is 0.313 e. The number of rotatable bonds is 5. The van der Waals surface area contributed by atoms with Gasteiger partial charge in [-0.1, -0.05) is 13.0 Å². The van der Waals surface area contributed by atoms with Crippen molar-refractivity contribution in [3.8, 4) is 11.8 Å². The molecule has 0 saturated heterocycles. The Hall–Kier alpha value is -2.12. The highest BCUT2D eigenvalue weighted by atomic mass is 15.3. The second-order valence-corrected chi connectivity index (χ2v) is 5.20. The summed E-state index contributed by atoms with van der Waals surface area (Å²) in [6.07, 6.45) is 4.43. The molecule has 102 valence electrons. The van der Waals surface area contributed by atoms with Crippen molar-refractivity contribution in [3.05, 3.63) is 47.3 Å². The minimum absolute atomic E-state index is 0.634. The Morgan fingerprint density at radius 3 is 2.95 bits per heavy atom. The molecule has 4 heteroatoms. The van der Waals surface area contributed by atoms with E-state index in [-0.39, 0.29) is 0 Å². The molecule has 3 rings (SSSR count). The van der Waals surface area contributed by atoms with Crippen LogP contribution in [0.3, 0.4) is 0 Å². The van der Waals surface area contributed by atoms with Crippen LogP contribution in [0.15, 0.2) is 30.5 Å². The minimum atomic E-state index is 0.634. The van der Waals surface area contributed by atoms with Crippen LogP contribution in [0.4, 0.5) is 0 Å². The molecule has 0 aliphatic heterocycles.